The number of carboxylic acid groups (broad SMARTS) is 1. The largest absolute Gasteiger partial charge is 0.481 e. The number of piperidine rings is 2. The van der Waals surface area contributed by atoms with E-state index in [9.17, 15) is 14.7 Å². The van der Waals surface area contributed by atoms with E-state index >= 15 is 0 Å². The van der Waals surface area contributed by atoms with Gasteiger partial charge in [0.1, 0.15) is 6.04 Å². The SMILES string of the molecule is CN1CC2(CC2)CC(C(=O)O)C1C(=O)N1CCC(c2ccncc2)CC1. The van der Waals surface area contributed by atoms with Crippen molar-refractivity contribution in [2.45, 2.75) is 44.1 Å². The summed E-state index contributed by atoms with van der Waals surface area (Å²) < 4.78 is 0. The van der Waals surface area contributed by atoms with Gasteiger partial charge in [0, 0.05) is 32.0 Å². The van der Waals surface area contributed by atoms with Crippen molar-refractivity contribution in [3.63, 3.8) is 0 Å². The summed E-state index contributed by atoms with van der Waals surface area (Å²) in [6.45, 7) is 2.25. The van der Waals surface area contributed by atoms with Gasteiger partial charge in [-0.1, -0.05) is 0 Å². The highest BCUT2D eigenvalue weighted by Crippen LogP contribution is 2.54. The minimum atomic E-state index is -0.826. The molecule has 1 N–H and O–H groups in total. The molecule has 140 valence electrons. The normalized spacial score (nSPS) is 28.9. The minimum absolute atomic E-state index is 0.00331. The summed E-state index contributed by atoms with van der Waals surface area (Å²) in [7, 11) is 1.92. The maximum atomic E-state index is 13.2. The number of likely N-dealkylation sites (N-methyl/N-ethyl adjacent to an activating group) is 1. The van der Waals surface area contributed by atoms with Gasteiger partial charge in [-0.15, -0.1) is 0 Å². The number of likely N-dealkylation sites (tertiary alicyclic amines) is 2. The zero-order chi connectivity index (χ0) is 18.3. The van der Waals surface area contributed by atoms with Crippen LogP contribution < -0.4 is 0 Å². The fourth-order valence-electron chi connectivity index (χ4n) is 4.96. The molecule has 1 aliphatic carbocycles. The highest BCUT2D eigenvalue weighted by molar-refractivity contribution is 5.88. The molecular formula is C20H27N3O3. The van der Waals surface area contributed by atoms with Gasteiger partial charge in [-0.3, -0.25) is 19.5 Å². The van der Waals surface area contributed by atoms with Crippen LogP contribution in [0.25, 0.3) is 0 Å². The average Bonchev–Trinajstić information content (AvgIpc) is 3.40. The summed E-state index contributed by atoms with van der Waals surface area (Å²) in [6.07, 6.45) is 8.32. The third-order valence-corrected chi connectivity index (χ3v) is 6.61. The maximum absolute atomic E-state index is 13.2. The minimum Gasteiger partial charge on any atom is -0.481 e. The number of aliphatic carboxylic acids is 1. The van der Waals surface area contributed by atoms with Crippen LogP contribution in [0.4, 0.5) is 0 Å². The van der Waals surface area contributed by atoms with Crippen molar-refractivity contribution in [2.24, 2.45) is 11.3 Å². The smallest absolute Gasteiger partial charge is 0.308 e. The van der Waals surface area contributed by atoms with Crippen molar-refractivity contribution >= 4 is 11.9 Å². The van der Waals surface area contributed by atoms with E-state index < -0.39 is 17.9 Å². The number of hydrogen-bond acceptors (Lipinski definition) is 4. The lowest BCUT2D eigenvalue weighted by Gasteiger charge is -2.43. The summed E-state index contributed by atoms with van der Waals surface area (Å²) in [4.78, 5) is 33.0. The molecular weight excluding hydrogens is 330 g/mol. The first-order valence-corrected chi connectivity index (χ1v) is 9.61. The second-order valence-corrected chi connectivity index (χ2v) is 8.39. The third kappa shape index (κ3) is 3.22. The van der Waals surface area contributed by atoms with Crippen molar-refractivity contribution < 1.29 is 14.7 Å². The summed E-state index contributed by atoms with van der Waals surface area (Å²) >= 11 is 0. The van der Waals surface area contributed by atoms with Crippen molar-refractivity contribution in [2.75, 3.05) is 26.7 Å². The molecule has 1 aromatic rings. The van der Waals surface area contributed by atoms with Crippen LogP contribution >= 0.6 is 0 Å². The van der Waals surface area contributed by atoms with Gasteiger partial charge in [-0.05, 0) is 68.2 Å². The molecule has 2 atom stereocenters. The molecule has 6 heteroatoms. The lowest BCUT2D eigenvalue weighted by molar-refractivity contribution is -0.156. The van der Waals surface area contributed by atoms with Gasteiger partial charge in [0.15, 0.2) is 0 Å². The van der Waals surface area contributed by atoms with E-state index in [2.05, 4.69) is 4.98 Å². The predicted molar refractivity (Wildman–Crippen MR) is 96.6 cm³/mol. The monoisotopic (exact) mass is 357 g/mol. The van der Waals surface area contributed by atoms with E-state index in [0.717, 1.165) is 32.2 Å². The van der Waals surface area contributed by atoms with Crippen molar-refractivity contribution in [3.8, 4) is 0 Å². The van der Waals surface area contributed by atoms with Crippen LogP contribution in [0.5, 0.6) is 0 Å². The Bertz CT molecular complexity index is 681. The zero-order valence-electron chi connectivity index (χ0n) is 15.3. The van der Waals surface area contributed by atoms with E-state index in [-0.39, 0.29) is 11.3 Å². The zero-order valence-corrected chi connectivity index (χ0v) is 15.3. The fourth-order valence-corrected chi connectivity index (χ4v) is 4.96. The molecule has 0 bridgehead atoms. The van der Waals surface area contributed by atoms with Gasteiger partial charge in [-0.2, -0.15) is 0 Å². The Morgan fingerprint density at radius 1 is 1.19 bits per heavy atom. The van der Waals surface area contributed by atoms with E-state index in [0.29, 0.717) is 25.4 Å². The van der Waals surface area contributed by atoms with Gasteiger partial charge in [0.25, 0.3) is 0 Å². The molecule has 2 aliphatic heterocycles. The number of aromatic nitrogens is 1. The molecule has 2 saturated heterocycles. The van der Waals surface area contributed by atoms with Gasteiger partial charge in [0.05, 0.1) is 5.92 Å². The number of carbonyl (C=O) groups is 2. The Balaban J connectivity index is 1.43. The lowest BCUT2D eigenvalue weighted by Crippen LogP contribution is -2.58. The number of rotatable bonds is 3. The fraction of sp³-hybridized carbons (Fsp3) is 0.650. The van der Waals surface area contributed by atoms with Gasteiger partial charge < -0.3 is 10.0 Å². The number of carboxylic acids is 1. The number of amides is 1. The highest BCUT2D eigenvalue weighted by atomic mass is 16.4. The molecule has 3 heterocycles. The summed E-state index contributed by atoms with van der Waals surface area (Å²) in [5.74, 6) is -0.950. The summed E-state index contributed by atoms with van der Waals surface area (Å²) in [6, 6.07) is 3.58. The summed E-state index contributed by atoms with van der Waals surface area (Å²) in [5.41, 5.74) is 1.43. The first kappa shape index (κ1) is 17.5. The number of nitrogens with zero attached hydrogens (tertiary/aromatic N) is 3. The Morgan fingerprint density at radius 2 is 1.85 bits per heavy atom. The summed E-state index contributed by atoms with van der Waals surface area (Å²) in [5, 5.41) is 9.72. The van der Waals surface area contributed by atoms with Crippen LogP contribution in [0.2, 0.25) is 0 Å². The number of pyridine rings is 1. The molecule has 1 spiro atoms. The molecule has 0 radical (unpaired) electrons. The molecule has 6 nitrogen and oxygen atoms in total. The van der Waals surface area contributed by atoms with E-state index in [4.69, 9.17) is 0 Å². The van der Waals surface area contributed by atoms with E-state index in [1.807, 2.05) is 41.4 Å². The van der Waals surface area contributed by atoms with Crippen LogP contribution in [0.15, 0.2) is 24.5 Å². The van der Waals surface area contributed by atoms with E-state index in [1.54, 1.807) is 0 Å². The van der Waals surface area contributed by atoms with Gasteiger partial charge >= 0.3 is 5.97 Å². The Kier molecular flexibility index (Phi) is 4.47. The third-order valence-electron chi connectivity index (χ3n) is 6.61. The maximum Gasteiger partial charge on any atom is 0.308 e. The van der Waals surface area contributed by atoms with Crippen molar-refractivity contribution in [3.05, 3.63) is 30.1 Å². The number of carbonyl (C=O) groups excluding carboxylic acids is 1. The Morgan fingerprint density at radius 3 is 2.42 bits per heavy atom. The molecule has 3 aliphatic rings. The second kappa shape index (κ2) is 6.65. The Labute approximate surface area is 154 Å². The highest BCUT2D eigenvalue weighted by Gasteiger charge is 2.55. The Hall–Kier alpha value is -1.95. The molecule has 1 saturated carbocycles. The van der Waals surface area contributed by atoms with Crippen molar-refractivity contribution in [1.29, 1.82) is 0 Å². The average molecular weight is 357 g/mol. The molecule has 26 heavy (non-hydrogen) atoms. The molecule has 2 unspecified atom stereocenters. The van der Waals surface area contributed by atoms with Crippen LogP contribution in [0, 0.1) is 11.3 Å². The molecule has 3 fully saturated rings. The van der Waals surface area contributed by atoms with Crippen LogP contribution in [0.3, 0.4) is 0 Å². The topological polar surface area (TPSA) is 73.7 Å². The first-order valence-electron chi connectivity index (χ1n) is 9.61. The predicted octanol–water partition coefficient (Wildman–Crippen LogP) is 1.97. The van der Waals surface area contributed by atoms with Gasteiger partial charge in [-0.25, -0.2) is 0 Å². The van der Waals surface area contributed by atoms with E-state index in [1.165, 1.54) is 5.56 Å². The molecule has 1 aromatic heterocycles. The van der Waals surface area contributed by atoms with Crippen LogP contribution in [-0.4, -0.2) is 64.5 Å². The standard InChI is InChI=1S/C20H27N3O3/c1-22-13-20(6-7-20)12-16(19(25)26)17(22)18(24)23-10-4-15(5-11-23)14-2-8-21-9-3-14/h2-3,8-9,15-17H,4-7,10-13H2,1H3,(H,25,26). The quantitative estimate of drug-likeness (QED) is 0.895. The molecule has 1 amide bonds. The molecule has 0 aromatic carbocycles. The van der Waals surface area contributed by atoms with Gasteiger partial charge in [0.2, 0.25) is 5.91 Å². The van der Waals surface area contributed by atoms with Crippen LogP contribution in [-0.2, 0) is 9.59 Å². The van der Waals surface area contributed by atoms with Crippen molar-refractivity contribution in [1.82, 2.24) is 14.8 Å². The van der Waals surface area contributed by atoms with Crippen LogP contribution in [0.1, 0.15) is 43.6 Å². The molecule has 4 rings (SSSR count). The lowest BCUT2D eigenvalue weighted by atomic mass is 9.80. The number of hydrogen-bond donors (Lipinski definition) is 1. The first-order chi connectivity index (χ1) is 12.5. The second-order valence-electron chi connectivity index (χ2n) is 8.39.